The molecule has 1 atom stereocenters. The number of carbonyl (C=O) groups is 1. The first kappa shape index (κ1) is 17.2. The summed E-state index contributed by atoms with van der Waals surface area (Å²) >= 11 is 9.69. The van der Waals surface area contributed by atoms with Crippen LogP contribution in [-0.2, 0) is 11.3 Å². The molecule has 0 saturated heterocycles. The van der Waals surface area contributed by atoms with Gasteiger partial charge >= 0.3 is 5.97 Å². The highest BCUT2D eigenvalue weighted by Crippen LogP contribution is 2.40. The van der Waals surface area contributed by atoms with Crippen LogP contribution in [0, 0.1) is 5.92 Å². The molecule has 8 heteroatoms. The lowest BCUT2D eigenvalue weighted by Gasteiger charge is -2.32. The molecular weight excluding hydrogens is 398 g/mol. The Hall–Kier alpha value is -1.60. The Morgan fingerprint density at radius 3 is 2.88 bits per heavy atom. The van der Waals surface area contributed by atoms with Gasteiger partial charge in [0.1, 0.15) is 20.9 Å². The molecule has 0 unspecified atom stereocenters. The molecule has 6 nitrogen and oxygen atoms in total. The first-order valence-corrected chi connectivity index (χ1v) is 8.87. The van der Waals surface area contributed by atoms with Gasteiger partial charge in [-0.2, -0.15) is 5.10 Å². The van der Waals surface area contributed by atoms with E-state index in [0.717, 1.165) is 0 Å². The zero-order chi connectivity index (χ0) is 17.6. The summed E-state index contributed by atoms with van der Waals surface area (Å²) in [6, 6.07) is 1.48. The summed E-state index contributed by atoms with van der Waals surface area (Å²) in [5.41, 5.74) is 0.979. The third kappa shape index (κ3) is 2.69. The van der Waals surface area contributed by atoms with Gasteiger partial charge in [0, 0.05) is 12.3 Å². The molecule has 2 aromatic rings. The van der Waals surface area contributed by atoms with Gasteiger partial charge in [-0.15, -0.1) is 0 Å². The number of pyridine rings is 1. The average Bonchev–Trinajstić information content (AvgIpc) is 2.80. The van der Waals surface area contributed by atoms with Crippen molar-refractivity contribution in [3.8, 4) is 11.4 Å². The molecule has 0 aliphatic carbocycles. The molecule has 0 saturated carbocycles. The molecule has 3 rings (SSSR count). The lowest BCUT2D eigenvalue weighted by Crippen LogP contribution is -2.31. The lowest BCUT2D eigenvalue weighted by molar-refractivity contribution is 0.0523. The maximum absolute atomic E-state index is 12.4. The van der Waals surface area contributed by atoms with E-state index in [4.69, 9.17) is 16.3 Å². The van der Waals surface area contributed by atoms with Crippen LogP contribution in [0.15, 0.2) is 21.7 Å². The standard InChI is InChI=1S/C16H17BrClN3O3/c1-4-24-16(23)9-6-20-10(5-12(9)22)14-13(18)15(17)19-21(14)7-11(20)8(2)3/h5-6,8,11H,4,7H2,1-3H3/t11-/m0/s1. The molecule has 24 heavy (non-hydrogen) atoms. The molecule has 128 valence electrons. The molecule has 0 spiro atoms. The molecule has 0 fully saturated rings. The van der Waals surface area contributed by atoms with Gasteiger partial charge < -0.3 is 9.30 Å². The van der Waals surface area contributed by atoms with E-state index in [1.807, 2.05) is 4.57 Å². The van der Waals surface area contributed by atoms with E-state index >= 15 is 0 Å². The van der Waals surface area contributed by atoms with Crippen LogP contribution in [0.1, 0.15) is 37.2 Å². The van der Waals surface area contributed by atoms with Crippen molar-refractivity contribution in [1.29, 1.82) is 0 Å². The number of hydrogen-bond donors (Lipinski definition) is 0. The van der Waals surface area contributed by atoms with Gasteiger partial charge in [-0.3, -0.25) is 9.48 Å². The highest BCUT2D eigenvalue weighted by atomic mass is 79.9. The van der Waals surface area contributed by atoms with Crippen molar-refractivity contribution in [3.05, 3.63) is 37.7 Å². The SMILES string of the molecule is CCOC(=O)c1cn2c(cc1=O)-c1c(Cl)c(Br)nn1C[C@H]2C(C)C. The number of hydrogen-bond acceptors (Lipinski definition) is 4. The fourth-order valence-corrected chi connectivity index (χ4v) is 3.57. The second-order valence-electron chi connectivity index (χ2n) is 6.01. The summed E-state index contributed by atoms with van der Waals surface area (Å²) < 4.78 is 9.27. The summed E-state index contributed by atoms with van der Waals surface area (Å²) in [6.45, 7) is 6.71. The van der Waals surface area contributed by atoms with Crippen LogP contribution in [0.4, 0.5) is 0 Å². The highest BCUT2D eigenvalue weighted by molar-refractivity contribution is 9.10. The van der Waals surface area contributed by atoms with Crippen LogP contribution in [0.2, 0.25) is 5.02 Å². The maximum atomic E-state index is 12.4. The number of rotatable bonds is 3. The number of carbonyl (C=O) groups excluding carboxylic acids is 1. The van der Waals surface area contributed by atoms with Crippen LogP contribution in [0.25, 0.3) is 11.4 Å². The summed E-state index contributed by atoms with van der Waals surface area (Å²) in [5.74, 6) is -0.331. The first-order chi connectivity index (χ1) is 11.3. The quantitative estimate of drug-likeness (QED) is 0.721. The summed E-state index contributed by atoms with van der Waals surface area (Å²) in [5, 5.41) is 4.85. The molecule has 0 aromatic carbocycles. The summed E-state index contributed by atoms with van der Waals surface area (Å²) in [4.78, 5) is 24.5. The third-order valence-corrected chi connectivity index (χ3v) is 5.30. The van der Waals surface area contributed by atoms with Crippen LogP contribution in [-0.4, -0.2) is 26.9 Å². The van der Waals surface area contributed by atoms with Gasteiger partial charge in [0.05, 0.1) is 24.9 Å². The van der Waals surface area contributed by atoms with E-state index < -0.39 is 5.97 Å². The predicted molar refractivity (Wildman–Crippen MR) is 94.5 cm³/mol. The largest absolute Gasteiger partial charge is 0.462 e. The Bertz CT molecular complexity index is 872. The maximum Gasteiger partial charge on any atom is 0.343 e. The predicted octanol–water partition coefficient (Wildman–Crippen LogP) is 3.52. The van der Waals surface area contributed by atoms with E-state index in [0.29, 0.717) is 27.6 Å². The van der Waals surface area contributed by atoms with Crippen molar-refractivity contribution in [2.24, 2.45) is 5.92 Å². The molecule has 1 aliphatic heterocycles. The van der Waals surface area contributed by atoms with E-state index in [9.17, 15) is 9.59 Å². The Morgan fingerprint density at radius 2 is 2.25 bits per heavy atom. The fourth-order valence-electron chi connectivity index (χ4n) is 2.96. The number of fused-ring (bicyclic) bond motifs is 3. The van der Waals surface area contributed by atoms with Crippen molar-refractivity contribution >= 4 is 33.5 Å². The zero-order valence-electron chi connectivity index (χ0n) is 13.5. The van der Waals surface area contributed by atoms with Gasteiger partial charge in [0.25, 0.3) is 0 Å². The number of nitrogens with zero attached hydrogens (tertiary/aromatic N) is 3. The van der Waals surface area contributed by atoms with E-state index in [2.05, 4.69) is 34.9 Å². The Balaban J connectivity index is 2.25. The molecule has 3 heterocycles. The second-order valence-corrected chi connectivity index (χ2v) is 7.14. The van der Waals surface area contributed by atoms with Gasteiger partial charge in [0.15, 0.2) is 5.43 Å². The minimum atomic E-state index is -0.605. The van der Waals surface area contributed by atoms with E-state index in [-0.39, 0.29) is 29.6 Å². The van der Waals surface area contributed by atoms with Gasteiger partial charge in [0.2, 0.25) is 0 Å². The topological polar surface area (TPSA) is 66.1 Å². The van der Waals surface area contributed by atoms with Gasteiger partial charge in [-0.1, -0.05) is 25.4 Å². The molecule has 2 aromatic heterocycles. The molecule has 0 N–H and O–H groups in total. The van der Waals surface area contributed by atoms with Crippen molar-refractivity contribution in [2.45, 2.75) is 33.4 Å². The first-order valence-electron chi connectivity index (χ1n) is 7.70. The van der Waals surface area contributed by atoms with Crippen molar-refractivity contribution in [3.63, 3.8) is 0 Å². The Labute approximate surface area is 152 Å². The van der Waals surface area contributed by atoms with Crippen LogP contribution < -0.4 is 5.43 Å². The zero-order valence-corrected chi connectivity index (χ0v) is 15.9. The molecule has 0 bridgehead atoms. The highest BCUT2D eigenvalue weighted by Gasteiger charge is 2.31. The molecule has 0 radical (unpaired) electrons. The summed E-state index contributed by atoms with van der Waals surface area (Å²) in [7, 11) is 0. The number of ether oxygens (including phenoxy) is 1. The second kappa shape index (κ2) is 6.37. The number of aromatic nitrogens is 3. The smallest absolute Gasteiger partial charge is 0.343 e. The van der Waals surface area contributed by atoms with Gasteiger partial charge in [-0.05, 0) is 28.8 Å². The minimum absolute atomic E-state index is 0.0365. The molecular formula is C16H17BrClN3O3. The normalized spacial score (nSPS) is 16.0. The van der Waals surface area contributed by atoms with Crippen LogP contribution in [0.5, 0.6) is 0 Å². The summed E-state index contributed by atoms with van der Waals surface area (Å²) in [6.07, 6.45) is 1.58. The molecule has 0 amide bonds. The van der Waals surface area contributed by atoms with E-state index in [1.54, 1.807) is 17.8 Å². The fraction of sp³-hybridized carbons (Fsp3) is 0.438. The Kier molecular flexibility index (Phi) is 4.57. The monoisotopic (exact) mass is 413 g/mol. The van der Waals surface area contributed by atoms with Crippen LogP contribution in [0.3, 0.4) is 0 Å². The lowest BCUT2D eigenvalue weighted by atomic mass is 10.00. The Morgan fingerprint density at radius 1 is 1.54 bits per heavy atom. The van der Waals surface area contributed by atoms with Gasteiger partial charge in [-0.25, -0.2) is 4.79 Å². The van der Waals surface area contributed by atoms with Crippen molar-refractivity contribution < 1.29 is 9.53 Å². The minimum Gasteiger partial charge on any atom is -0.462 e. The number of halogens is 2. The molecule has 1 aliphatic rings. The van der Waals surface area contributed by atoms with Crippen LogP contribution >= 0.6 is 27.5 Å². The van der Waals surface area contributed by atoms with Crippen molar-refractivity contribution in [2.75, 3.05) is 6.61 Å². The van der Waals surface area contributed by atoms with Crippen molar-refractivity contribution in [1.82, 2.24) is 14.3 Å². The number of esters is 1. The third-order valence-electron chi connectivity index (χ3n) is 4.16. The van der Waals surface area contributed by atoms with E-state index in [1.165, 1.54) is 6.07 Å². The average molecular weight is 415 g/mol.